The number of para-hydroxylation sites is 1. The first-order valence-corrected chi connectivity index (χ1v) is 11.6. The molecule has 0 atom stereocenters. The van der Waals surface area contributed by atoms with E-state index in [2.05, 4.69) is 43.8 Å². The molecule has 0 aliphatic rings. The van der Waals surface area contributed by atoms with E-state index in [9.17, 15) is 4.79 Å². The minimum Gasteiger partial charge on any atom is -0.494 e. The zero-order valence-corrected chi connectivity index (χ0v) is 21.2. The molecule has 4 rings (SSSR count). The van der Waals surface area contributed by atoms with Gasteiger partial charge in [-0.05, 0) is 32.3 Å². The number of aromatic nitrogens is 3. The molecule has 2 aromatic heterocycles. The van der Waals surface area contributed by atoms with Gasteiger partial charge in [0.1, 0.15) is 5.75 Å². The number of carbonyl (C=O) groups excluding carboxylic acids is 1. The first-order chi connectivity index (χ1) is 17.4. The predicted octanol–water partition coefficient (Wildman–Crippen LogP) is 4.49. The average Bonchev–Trinajstić information content (AvgIpc) is 3.21. The van der Waals surface area contributed by atoms with Gasteiger partial charge in [0.2, 0.25) is 11.9 Å². The summed E-state index contributed by atoms with van der Waals surface area (Å²) in [5, 5.41) is 10.4. The first-order valence-electron chi connectivity index (χ1n) is 11.6. The van der Waals surface area contributed by atoms with Crippen LogP contribution < -0.4 is 20.7 Å². The number of hydrogen-bond acceptors (Lipinski definition) is 7. The monoisotopic (exact) mass is 485 g/mol. The van der Waals surface area contributed by atoms with Gasteiger partial charge in [0.15, 0.2) is 0 Å². The van der Waals surface area contributed by atoms with E-state index in [0.29, 0.717) is 29.6 Å². The molecule has 0 unspecified atom stereocenters. The number of likely N-dealkylation sites (N-methyl/N-ethyl adjacent to an activating group) is 1. The van der Waals surface area contributed by atoms with E-state index in [1.807, 2.05) is 56.4 Å². The summed E-state index contributed by atoms with van der Waals surface area (Å²) in [5.74, 6) is 0.775. The maximum Gasteiger partial charge on any atom is 0.248 e. The molecule has 36 heavy (non-hydrogen) atoms. The molecule has 0 saturated carbocycles. The van der Waals surface area contributed by atoms with Crippen LogP contribution in [-0.2, 0) is 11.8 Å². The average molecular weight is 486 g/mol. The Balaban J connectivity index is 1.64. The highest BCUT2D eigenvalue weighted by atomic mass is 16.5. The van der Waals surface area contributed by atoms with Gasteiger partial charge < -0.3 is 30.2 Å². The van der Waals surface area contributed by atoms with Crippen LogP contribution in [0.3, 0.4) is 0 Å². The molecule has 4 aromatic rings. The van der Waals surface area contributed by atoms with Gasteiger partial charge in [0, 0.05) is 61.6 Å². The number of nitrogens with one attached hydrogen (secondary N) is 3. The van der Waals surface area contributed by atoms with Crippen molar-refractivity contribution in [1.82, 2.24) is 19.4 Å². The van der Waals surface area contributed by atoms with Gasteiger partial charge >= 0.3 is 0 Å². The lowest BCUT2D eigenvalue weighted by Gasteiger charge is -2.16. The SMILES string of the molecule is CNc1cc(OC)c(Nc2nccc(-c3cn(C)c4ccccc34)n2)cc1NC(=O)/C=C/CN(C)C. The lowest BCUT2D eigenvalue weighted by Crippen LogP contribution is -2.13. The minimum atomic E-state index is -0.223. The van der Waals surface area contributed by atoms with E-state index in [-0.39, 0.29) is 5.91 Å². The normalized spacial score (nSPS) is 11.3. The van der Waals surface area contributed by atoms with Gasteiger partial charge in [0.05, 0.1) is 29.9 Å². The van der Waals surface area contributed by atoms with Crippen LogP contribution >= 0.6 is 0 Å². The fourth-order valence-electron chi connectivity index (χ4n) is 3.94. The Labute approximate surface area is 210 Å². The number of carbonyl (C=O) groups is 1. The summed E-state index contributed by atoms with van der Waals surface area (Å²) in [4.78, 5) is 23.6. The molecule has 186 valence electrons. The maximum absolute atomic E-state index is 12.5. The fraction of sp³-hybridized carbons (Fsp3) is 0.222. The molecule has 0 radical (unpaired) electrons. The van der Waals surface area contributed by atoms with Crippen molar-refractivity contribution in [3.8, 4) is 17.0 Å². The van der Waals surface area contributed by atoms with E-state index in [1.165, 1.54) is 6.08 Å². The summed E-state index contributed by atoms with van der Waals surface area (Å²) in [5.41, 5.74) is 4.90. The summed E-state index contributed by atoms with van der Waals surface area (Å²) >= 11 is 0. The Morgan fingerprint density at radius 3 is 2.69 bits per heavy atom. The fourth-order valence-corrected chi connectivity index (χ4v) is 3.94. The van der Waals surface area contributed by atoms with E-state index < -0.39 is 0 Å². The molecular weight excluding hydrogens is 454 g/mol. The standard InChI is InChI=1S/C27H31N7O2/c1-28-21-16-25(36-5)23(15-22(21)30-26(35)11-8-14-33(2)3)32-27-29-13-12-20(31-27)19-17-34(4)24-10-7-6-9-18(19)24/h6-13,15-17,28H,14H2,1-5H3,(H,30,35)(H,29,31,32)/b11-8+. The van der Waals surface area contributed by atoms with Gasteiger partial charge in [-0.2, -0.15) is 0 Å². The van der Waals surface area contributed by atoms with Crippen LogP contribution in [0.15, 0.2) is 67.0 Å². The topological polar surface area (TPSA) is 96.3 Å². The second kappa shape index (κ2) is 10.9. The van der Waals surface area contributed by atoms with Crippen molar-refractivity contribution >= 4 is 39.8 Å². The Morgan fingerprint density at radius 1 is 1.14 bits per heavy atom. The van der Waals surface area contributed by atoms with E-state index in [0.717, 1.165) is 27.8 Å². The van der Waals surface area contributed by atoms with Crippen molar-refractivity contribution in [1.29, 1.82) is 0 Å². The molecule has 0 bridgehead atoms. The van der Waals surface area contributed by atoms with Crippen molar-refractivity contribution in [3.63, 3.8) is 0 Å². The second-order valence-electron chi connectivity index (χ2n) is 8.56. The molecule has 9 heteroatoms. The number of fused-ring (bicyclic) bond motifs is 1. The zero-order chi connectivity index (χ0) is 25.7. The molecule has 0 aliphatic heterocycles. The Morgan fingerprint density at radius 2 is 1.94 bits per heavy atom. The van der Waals surface area contributed by atoms with Crippen LogP contribution in [0.25, 0.3) is 22.2 Å². The van der Waals surface area contributed by atoms with Crippen molar-refractivity contribution in [3.05, 3.63) is 67.0 Å². The number of benzene rings is 2. The van der Waals surface area contributed by atoms with Gasteiger partial charge in [-0.25, -0.2) is 9.97 Å². The molecular formula is C27H31N7O2. The first kappa shape index (κ1) is 24.7. The summed E-state index contributed by atoms with van der Waals surface area (Å²) in [6.45, 7) is 0.673. The highest BCUT2D eigenvalue weighted by Crippen LogP contribution is 2.36. The van der Waals surface area contributed by atoms with Crippen LogP contribution in [0.2, 0.25) is 0 Å². The third-order valence-electron chi connectivity index (χ3n) is 5.68. The highest BCUT2D eigenvalue weighted by molar-refractivity contribution is 6.02. The third kappa shape index (κ3) is 5.47. The van der Waals surface area contributed by atoms with Crippen LogP contribution in [-0.4, -0.2) is 60.1 Å². The zero-order valence-electron chi connectivity index (χ0n) is 21.2. The summed E-state index contributed by atoms with van der Waals surface area (Å²) in [6.07, 6.45) is 7.12. The van der Waals surface area contributed by atoms with E-state index in [4.69, 9.17) is 9.72 Å². The van der Waals surface area contributed by atoms with E-state index in [1.54, 1.807) is 26.4 Å². The molecule has 0 fully saturated rings. The third-order valence-corrected chi connectivity index (χ3v) is 5.68. The van der Waals surface area contributed by atoms with Crippen LogP contribution in [0, 0.1) is 0 Å². The van der Waals surface area contributed by atoms with Crippen molar-refractivity contribution in [2.75, 3.05) is 50.7 Å². The lowest BCUT2D eigenvalue weighted by atomic mass is 10.1. The Kier molecular flexibility index (Phi) is 7.50. The second-order valence-corrected chi connectivity index (χ2v) is 8.56. The molecule has 1 amide bonds. The largest absolute Gasteiger partial charge is 0.494 e. The molecule has 2 heterocycles. The summed E-state index contributed by atoms with van der Waals surface area (Å²) in [7, 11) is 9.29. The van der Waals surface area contributed by atoms with Gasteiger partial charge in [-0.1, -0.05) is 24.3 Å². The van der Waals surface area contributed by atoms with Gasteiger partial charge in [-0.15, -0.1) is 0 Å². The quantitative estimate of drug-likeness (QED) is 0.301. The molecule has 0 aliphatic carbocycles. The summed E-state index contributed by atoms with van der Waals surface area (Å²) < 4.78 is 7.68. The van der Waals surface area contributed by atoms with Crippen LogP contribution in [0.5, 0.6) is 5.75 Å². The molecule has 0 spiro atoms. The van der Waals surface area contributed by atoms with Crippen molar-refractivity contribution < 1.29 is 9.53 Å². The number of rotatable bonds is 9. The van der Waals surface area contributed by atoms with E-state index >= 15 is 0 Å². The Hall–Kier alpha value is -4.37. The number of anilines is 4. The minimum absolute atomic E-state index is 0.223. The summed E-state index contributed by atoms with van der Waals surface area (Å²) in [6, 6.07) is 13.7. The Bertz CT molecular complexity index is 1410. The molecule has 0 saturated heterocycles. The molecule has 3 N–H and O–H groups in total. The number of amides is 1. The molecule has 9 nitrogen and oxygen atoms in total. The maximum atomic E-state index is 12.5. The molecule has 2 aromatic carbocycles. The number of methoxy groups -OCH3 is 1. The smallest absolute Gasteiger partial charge is 0.248 e. The highest BCUT2D eigenvalue weighted by Gasteiger charge is 2.14. The number of hydrogen-bond donors (Lipinski definition) is 3. The number of aryl methyl sites for hydroxylation is 1. The predicted molar refractivity (Wildman–Crippen MR) is 146 cm³/mol. The van der Waals surface area contributed by atoms with Crippen molar-refractivity contribution in [2.45, 2.75) is 0 Å². The number of nitrogens with zero attached hydrogens (tertiary/aromatic N) is 4. The van der Waals surface area contributed by atoms with Crippen LogP contribution in [0.1, 0.15) is 0 Å². The van der Waals surface area contributed by atoms with Gasteiger partial charge in [0.25, 0.3) is 0 Å². The lowest BCUT2D eigenvalue weighted by molar-refractivity contribution is -0.111. The van der Waals surface area contributed by atoms with Crippen LogP contribution in [0.4, 0.5) is 23.0 Å². The number of ether oxygens (including phenoxy) is 1. The van der Waals surface area contributed by atoms with Gasteiger partial charge in [-0.3, -0.25) is 4.79 Å². The van der Waals surface area contributed by atoms with Crippen molar-refractivity contribution in [2.24, 2.45) is 7.05 Å².